The maximum atomic E-state index is 9.49. The zero-order valence-corrected chi connectivity index (χ0v) is 7.61. The summed E-state index contributed by atoms with van der Waals surface area (Å²) in [5, 5.41) is 26.0. The Hall–Kier alpha value is 0.190. The summed E-state index contributed by atoms with van der Waals surface area (Å²) < 4.78 is 3.79. The number of rotatable bonds is 3. The van der Waals surface area contributed by atoms with Gasteiger partial charge in [-0.3, -0.25) is 0 Å². The van der Waals surface area contributed by atoms with Crippen LogP contribution in [0.15, 0.2) is 0 Å². The molecule has 0 aromatic rings. The number of carboxylic acid groups (broad SMARTS) is 1. The molecule has 0 fully saturated rings. The number of aliphatic hydroxyl groups excluding tert-OH is 2. The van der Waals surface area contributed by atoms with Crippen molar-refractivity contribution in [3.63, 3.8) is 0 Å². The largest absolute Gasteiger partial charge is 1.00 e. The zero-order chi connectivity index (χ0) is 7.28. The Kier molecular flexibility index (Phi) is 9.36. The molecule has 0 aromatic carbocycles. The quantitative estimate of drug-likeness (QED) is 0.316. The van der Waals surface area contributed by atoms with Gasteiger partial charge in [-0.15, -0.1) is 0 Å². The smallest absolute Gasteiger partial charge is 0.547 e. The fourth-order valence-electron chi connectivity index (χ4n) is 0.217. The summed E-state index contributed by atoms with van der Waals surface area (Å²) in [5.74, 6) is 0. The van der Waals surface area contributed by atoms with Gasteiger partial charge in [0.05, 0.1) is 19.3 Å². The predicted octanol–water partition coefficient (Wildman–Crippen LogP) is -5.30. The van der Waals surface area contributed by atoms with Crippen molar-refractivity contribution >= 4 is 6.16 Å². The fourth-order valence-corrected chi connectivity index (χ4v) is 0.217. The van der Waals surface area contributed by atoms with Crippen molar-refractivity contribution < 1.29 is 54.4 Å². The number of aliphatic hydroxyl groups is 2. The van der Waals surface area contributed by atoms with Gasteiger partial charge in [0.15, 0.2) is 0 Å². The van der Waals surface area contributed by atoms with Crippen LogP contribution in [0.4, 0.5) is 4.79 Å². The third-order valence-corrected chi connectivity index (χ3v) is 0.604. The summed E-state index contributed by atoms with van der Waals surface area (Å²) in [5.41, 5.74) is 0. The second kappa shape index (κ2) is 7.30. The van der Waals surface area contributed by atoms with Crippen LogP contribution in [0.25, 0.3) is 0 Å². The van der Waals surface area contributed by atoms with E-state index in [0.29, 0.717) is 0 Å². The molecule has 54 valence electrons. The molecule has 0 spiro atoms. The molecule has 0 saturated carbocycles. The molecule has 0 heterocycles. The number of hydrogen-bond acceptors (Lipinski definition) is 5. The minimum Gasteiger partial charge on any atom is -0.547 e. The van der Waals surface area contributed by atoms with Crippen LogP contribution in [0.3, 0.4) is 0 Å². The number of carbonyl (C=O) groups excluding carboxylic acids is 1. The topological polar surface area (TPSA) is 89.8 Å². The van der Waals surface area contributed by atoms with Crippen molar-refractivity contribution in [2.45, 2.75) is 6.10 Å². The molecule has 2 N–H and O–H groups in total. The van der Waals surface area contributed by atoms with Crippen molar-refractivity contribution in [3.05, 3.63) is 0 Å². The van der Waals surface area contributed by atoms with Crippen LogP contribution in [-0.2, 0) is 4.74 Å². The average Bonchev–Trinajstić information content (AvgIpc) is 1.83. The van der Waals surface area contributed by atoms with E-state index in [-0.39, 0.29) is 29.6 Å². The molecule has 5 nitrogen and oxygen atoms in total. The molecular weight excluding hydrogens is 151 g/mol. The predicted molar refractivity (Wildman–Crippen MR) is 24.4 cm³/mol. The summed E-state index contributed by atoms with van der Waals surface area (Å²) in [6.45, 7) is -0.966. The second-order valence-electron chi connectivity index (χ2n) is 1.40. The summed E-state index contributed by atoms with van der Waals surface area (Å²) in [7, 11) is 0. The Morgan fingerprint density at radius 1 is 1.70 bits per heavy atom. The first kappa shape index (κ1) is 12.8. The molecule has 1 unspecified atom stereocenters. The second-order valence-corrected chi connectivity index (χ2v) is 1.40. The van der Waals surface area contributed by atoms with E-state index in [4.69, 9.17) is 10.2 Å². The van der Waals surface area contributed by atoms with E-state index in [1.54, 1.807) is 0 Å². The van der Waals surface area contributed by atoms with Gasteiger partial charge < -0.3 is 24.9 Å². The summed E-state index contributed by atoms with van der Waals surface area (Å²) in [6.07, 6.45) is -2.86. The molecule has 0 rings (SSSR count). The Bertz CT molecular complexity index is 95.6. The number of ether oxygens (including phenoxy) is 1. The van der Waals surface area contributed by atoms with Gasteiger partial charge in [0, 0.05) is 0 Å². The molecular formula is C4H7NaO5. The standard InChI is InChI=1S/C4H8O5.Na/c5-1-3(6)2-9-4(7)8;/h3,5-6H,1-2H2,(H,7,8);/q;+1/p-1. The number of hydrogen-bond donors (Lipinski definition) is 2. The normalized spacial score (nSPS) is 11.4. The molecule has 0 aliphatic carbocycles. The molecule has 6 heteroatoms. The minimum absolute atomic E-state index is 0. The summed E-state index contributed by atoms with van der Waals surface area (Å²) in [6, 6.07) is 0. The van der Waals surface area contributed by atoms with Gasteiger partial charge in [0.25, 0.3) is 6.16 Å². The monoisotopic (exact) mass is 158 g/mol. The molecule has 0 saturated heterocycles. The van der Waals surface area contributed by atoms with E-state index in [9.17, 15) is 9.90 Å². The Morgan fingerprint density at radius 3 is 2.50 bits per heavy atom. The van der Waals surface area contributed by atoms with Crippen LogP contribution in [0.1, 0.15) is 0 Å². The fraction of sp³-hybridized carbons (Fsp3) is 0.750. The van der Waals surface area contributed by atoms with Gasteiger partial charge in [-0.2, -0.15) is 0 Å². The maximum absolute atomic E-state index is 9.49. The summed E-state index contributed by atoms with van der Waals surface area (Å²) >= 11 is 0. The van der Waals surface area contributed by atoms with Gasteiger partial charge >= 0.3 is 29.6 Å². The van der Waals surface area contributed by atoms with Crippen molar-refractivity contribution in [1.29, 1.82) is 0 Å². The van der Waals surface area contributed by atoms with E-state index in [2.05, 4.69) is 4.74 Å². The molecule has 0 radical (unpaired) electrons. The van der Waals surface area contributed by atoms with E-state index in [1.165, 1.54) is 0 Å². The van der Waals surface area contributed by atoms with Gasteiger partial charge in [-0.25, -0.2) is 0 Å². The van der Waals surface area contributed by atoms with E-state index < -0.39 is 25.5 Å². The van der Waals surface area contributed by atoms with Crippen LogP contribution < -0.4 is 34.7 Å². The first-order valence-corrected chi connectivity index (χ1v) is 2.29. The molecule has 0 aromatic heterocycles. The third-order valence-electron chi connectivity index (χ3n) is 0.604. The van der Waals surface area contributed by atoms with Crippen LogP contribution in [0.2, 0.25) is 0 Å². The molecule has 0 bridgehead atoms. The van der Waals surface area contributed by atoms with Gasteiger partial charge in [0.1, 0.15) is 0 Å². The molecule has 0 aliphatic rings. The van der Waals surface area contributed by atoms with E-state index in [0.717, 1.165) is 0 Å². The van der Waals surface area contributed by atoms with Crippen LogP contribution in [-0.4, -0.2) is 35.7 Å². The van der Waals surface area contributed by atoms with Crippen LogP contribution in [0, 0.1) is 0 Å². The third kappa shape index (κ3) is 8.19. The zero-order valence-electron chi connectivity index (χ0n) is 5.61. The first-order chi connectivity index (χ1) is 4.16. The number of carbonyl (C=O) groups is 1. The van der Waals surface area contributed by atoms with Crippen molar-refractivity contribution in [1.82, 2.24) is 0 Å². The maximum Gasteiger partial charge on any atom is 1.00 e. The van der Waals surface area contributed by atoms with Crippen molar-refractivity contribution in [2.75, 3.05) is 13.2 Å². The van der Waals surface area contributed by atoms with Crippen molar-refractivity contribution in [2.24, 2.45) is 0 Å². The molecule has 1 atom stereocenters. The van der Waals surface area contributed by atoms with Gasteiger partial charge in [-0.05, 0) is 0 Å². The molecule has 0 aliphatic heterocycles. The van der Waals surface area contributed by atoms with Gasteiger partial charge in [0.2, 0.25) is 0 Å². The van der Waals surface area contributed by atoms with E-state index >= 15 is 0 Å². The molecule has 10 heavy (non-hydrogen) atoms. The van der Waals surface area contributed by atoms with Gasteiger partial charge in [-0.1, -0.05) is 0 Å². The Morgan fingerprint density at radius 2 is 2.20 bits per heavy atom. The average molecular weight is 158 g/mol. The first-order valence-electron chi connectivity index (χ1n) is 2.29. The van der Waals surface area contributed by atoms with Crippen molar-refractivity contribution in [3.8, 4) is 0 Å². The van der Waals surface area contributed by atoms with E-state index in [1.807, 2.05) is 0 Å². The van der Waals surface area contributed by atoms with Crippen LogP contribution >= 0.6 is 0 Å². The Balaban J connectivity index is 0. The SMILES string of the molecule is O=C([O-])OCC(O)CO.[Na+]. The molecule has 0 amide bonds. The van der Waals surface area contributed by atoms with Crippen LogP contribution in [0.5, 0.6) is 0 Å². The Labute approximate surface area is 79.9 Å². The minimum atomic E-state index is -1.71. The summed E-state index contributed by atoms with van der Waals surface area (Å²) in [4.78, 5) is 9.49.